The summed E-state index contributed by atoms with van der Waals surface area (Å²) in [5, 5.41) is 9.81. The summed E-state index contributed by atoms with van der Waals surface area (Å²) < 4.78 is 11.2. The predicted molar refractivity (Wildman–Crippen MR) is 147 cm³/mol. The van der Waals surface area contributed by atoms with E-state index in [9.17, 15) is 4.79 Å². The van der Waals surface area contributed by atoms with Gasteiger partial charge in [0.25, 0.3) is 0 Å². The Morgan fingerprint density at radius 2 is 1.89 bits per heavy atom. The average molecular weight is 534 g/mol. The van der Waals surface area contributed by atoms with E-state index in [0.29, 0.717) is 46.9 Å². The molecular weight excluding hydrogens is 506 g/mol. The van der Waals surface area contributed by atoms with Crippen LogP contribution < -0.4 is 24.7 Å². The number of fused-ring (bicyclic) bond motifs is 1. The molecule has 2 aromatic heterocycles. The number of aromatic nitrogens is 4. The molecule has 4 aromatic rings. The van der Waals surface area contributed by atoms with Crippen LogP contribution in [0.15, 0.2) is 61.1 Å². The lowest BCUT2D eigenvalue weighted by Gasteiger charge is -2.25. The third-order valence-corrected chi connectivity index (χ3v) is 6.59. The number of halogens is 1. The molecular formula is C27H28ClN7O3. The summed E-state index contributed by atoms with van der Waals surface area (Å²) in [6.45, 7) is 2.57. The van der Waals surface area contributed by atoms with Gasteiger partial charge in [-0.25, -0.2) is 9.99 Å². The van der Waals surface area contributed by atoms with Gasteiger partial charge in [0.2, 0.25) is 11.9 Å². The molecule has 10 nitrogen and oxygen atoms in total. The molecule has 1 amide bonds. The summed E-state index contributed by atoms with van der Waals surface area (Å²) in [5.41, 5.74) is 3.33. The number of methoxy groups -OCH3 is 2. The van der Waals surface area contributed by atoms with Gasteiger partial charge < -0.3 is 19.7 Å². The molecule has 11 heteroatoms. The third-order valence-electron chi connectivity index (χ3n) is 6.33. The normalized spacial score (nSPS) is 13.1. The Morgan fingerprint density at radius 3 is 2.61 bits per heavy atom. The summed E-state index contributed by atoms with van der Waals surface area (Å²) in [5.74, 6) is 2.10. The molecule has 5 rings (SSSR count). The molecule has 0 fully saturated rings. The van der Waals surface area contributed by atoms with Gasteiger partial charge in [0, 0.05) is 18.5 Å². The maximum atomic E-state index is 12.6. The van der Waals surface area contributed by atoms with E-state index in [2.05, 4.69) is 15.4 Å². The number of benzene rings is 2. The van der Waals surface area contributed by atoms with E-state index in [1.54, 1.807) is 36.4 Å². The zero-order chi connectivity index (χ0) is 26.6. The van der Waals surface area contributed by atoms with Crippen LogP contribution in [-0.4, -0.2) is 46.5 Å². The molecule has 196 valence electrons. The first-order chi connectivity index (χ1) is 18.5. The zero-order valence-corrected chi connectivity index (χ0v) is 22.1. The van der Waals surface area contributed by atoms with E-state index < -0.39 is 0 Å². The number of rotatable bonds is 8. The average Bonchev–Trinajstić information content (AvgIpc) is 3.34. The molecule has 0 radical (unpaired) electrons. The fraction of sp³-hybridized carbons (Fsp3) is 0.259. The lowest BCUT2D eigenvalue weighted by atomic mass is 10.0. The number of anilines is 5. The van der Waals surface area contributed by atoms with E-state index in [0.717, 1.165) is 29.8 Å². The topological polar surface area (TPSA) is 97.6 Å². The van der Waals surface area contributed by atoms with Crippen molar-refractivity contribution >= 4 is 46.3 Å². The first-order valence-corrected chi connectivity index (χ1v) is 12.7. The van der Waals surface area contributed by atoms with Crippen molar-refractivity contribution in [1.29, 1.82) is 0 Å². The Morgan fingerprint density at radius 1 is 1.08 bits per heavy atom. The molecule has 1 N–H and O–H groups in total. The van der Waals surface area contributed by atoms with Gasteiger partial charge >= 0.3 is 0 Å². The number of para-hydroxylation sites is 1. The van der Waals surface area contributed by atoms with Gasteiger partial charge in [-0.05, 0) is 44.0 Å². The molecule has 0 atom stereocenters. The molecule has 2 aromatic carbocycles. The van der Waals surface area contributed by atoms with Crippen molar-refractivity contribution in [2.75, 3.05) is 36.0 Å². The van der Waals surface area contributed by atoms with Crippen molar-refractivity contribution in [3.8, 4) is 11.5 Å². The summed E-state index contributed by atoms with van der Waals surface area (Å²) in [4.78, 5) is 25.2. The number of nitrogens with zero attached hydrogens (tertiary/aromatic N) is 6. The molecule has 0 saturated heterocycles. The van der Waals surface area contributed by atoms with E-state index in [1.807, 2.05) is 54.3 Å². The Hall–Kier alpha value is -4.31. The molecule has 38 heavy (non-hydrogen) atoms. The minimum absolute atomic E-state index is 0.121. The lowest BCUT2D eigenvalue weighted by molar-refractivity contribution is -0.118. The van der Waals surface area contributed by atoms with Crippen molar-refractivity contribution in [3.05, 3.63) is 71.6 Å². The number of carbonyl (C=O) groups is 1. The van der Waals surface area contributed by atoms with Crippen LogP contribution in [0, 0.1) is 0 Å². The number of hydrogen-bond acceptors (Lipinski definition) is 8. The van der Waals surface area contributed by atoms with Crippen molar-refractivity contribution in [2.45, 2.75) is 26.2 Å². The third kappa shape index (κ3) is 4.82. The summed E-state index contributed by atoms with van der Waals surface area (Å²) in [6.07, 6.45) is 6.86. The highest BCUT2D eigenvalue weighted by molar-refractivity contribution is 6.33. The van der Waals surface area contributed by atoms with Gasteiger partial charge in [-0.3, -0.25) is 4.79 Å². The summed E-state index contributed by atoms with van der Waals surface area (Å²) >= 11 is 6.62. The number of ether oxygens (including phenoxy) is 2. The van der Waals surface area contributed by atoms with Crippen LogP contribution in [-0.2, 0) is 11.2 Å². The van der Waals surface area contributed by atoms with Crippen LogP contribution in [0.1, 0.15) is 25.3 Å². The molecule has 1 aliphatic heterocycles. The lowest BCUT2D eigenvalue weighted by Crippen LogP contribution is -2.29. The number of hydrogen-bond donors (Lipinski definition) is 1. The van der Waals surface area contributed by atoms with E-state index in [4.69, 9.17) is 26.1 Å². The second-order valence-electron chi connectivity index (χ2n) is 8.57. The molecule has 3 heterocycles. The van der Waals surface area contributed by atoms with Crippen molar-refractivity contribution in [2.24, 2.45) is 0 Å². The fourth-order valence-corrected chi connectivity index (χ4v) is 4.75. The second kappa shape index (κ2) is 11.0. The number of carbonyl (C=O) groups excluding carboxylic acids is 1. The number of nitrogens with one attached hydrogen (secondary N) is 1. The van der Waals surface area contributed by atoms with Crippen LogP contribution in [0.3, 0.4) is 0 Å². The van der Waals surface area contributed by atoms with Gasteiger partial charge in [-0.1, -0.05) is 29.8 Å². The van der Waals surface area contributed by atoms with Gasteiger partial charge in [0.1, 0.15) is 10.8 Å². The van der Waals surface area contributed by atoms with Crippen LogP contribution in [0.4, 0.5) is 28.8 Å². The highest BCUT2D eigenvalue weighted by Crippen LogP contribution is 2.40. The smallest absolute Gasteiger partial charge is 0.229 e. The van der Waals surface area contributed by atoms with E-state index in [-0.39, 0.29) is 5.91 Å². The Kier molecular flexibility index (Phi) is 7.32. The zero-order valence-electron chi connectivity index (χ0n) is 21.4. The summed E-state index contributed by atoms with van der Waals surface area (Å²) in [7, 11) is 3.21. The molecule has 1 aliphatic rings. The van der Waals surface area contributed by atoms with E-state index >= 15 is 0 Å². The van der Waals surface area contributed by atoms with Gasteiger partial charge in [-0.15, -0.1) is 0 Å². The Balaban J connectivity index is 1.55. The molecule has 0 spiro atoms. The first-order valence-electron chi connectivity index (χ1n) is 12.3. The highest BCUT2D eigenvalue weighted by atomic mass is 35.5. The van der Waals surface area contributed by atoms with Crippen LogP contribution in [0.2, 0.25) is 5.02 Å². The fourth-order valence-electron chi connectivity index (χ4n) is 4.58. The van der Waals surface area contributed by atoms with E-state index in [1.165, 1.54) is 6.20 Å². The maximum absolute atomic E-state index is 12.6. The quantitative estimate of drug-likeness (QED) is 0.322. The first kappa shape index (κ1) is 25.3. The SMILES string of the molecule is CCN1C(=O)CCCc2c1ccc(Nc1ncc(Cl)c(N(c3ccccc3)n3cc(OC)cn3)n1)c2OC. The maximum Gasteiger partial charge on any atom is 0.229 e. The minimum atomic E-state index is 0.121. The molecule has 0 aliphatic carbocycles. The van der Waals surface area contributed by atoms with Crippen LogP contribution >= 0.6 is 11.6 Å². The van der Waals surface area contributed by atoms with Gasteiger partial charge in [0.05, 0.1) is 49.9 Å². The van der Waals surface area contributed by atoms with Gasteiger partial charge in [0.15, 0.2) is 11.6 Å². The Labute approximate surface area is 225 Å². The molecule has 0 saturated carbocycles. The highest BCUT2D eigenvalue weighted by Gasteiger charge is 2.26. The van der Waals surface area contributed by atoms with Crippen LogP contribution in [0.5, 0.6) is 11.5 Å². The number of amides is 1. The standard InChI is InChI=1S/C27H28ClN7O3/c1-4-33-23-14-13-22(25(38-3)20(23)11-8-12-24(33)36)31-27-29-16-21(28)26(32-27)35(18-9-6-5-7-10-18)34-17-19(37-2)15-30-34/h5-7,9-10,13-17H,4,8,11-12H2,1-3H3,(H,29,31,32). The van der Waals surface area contributed by atoms with Crippen LogP contribution in [0.25, 0.3) is 0 Å². The van der Waals surface area contributed by atoms with Gasteiger partial charge in [-0.2, -0.15) is 14.9 Å². The molecule has 0 unspecified atom stereocenters. The molecule has 0 bridgehead atoms. The van der Waals surface area contributed by atoms with Crippen molar-refractivity contribution in [3.63, 3.8) is 0 Å². The Bertz CT molecular complexity index is 1440. The largest absolute Gasteiger partial charge is 0.494 e. The predicted octanol–water partition coefficient (Wildman–Crippen LogP) is 5.38. The van der Waals surface area contributed by atoms with Crippen molar-refractivity contribution < 1.29 is 14.3 Å². The van der Waals surface area contributed by atoms with Crippen molar-refractivity contribution in [1.82, 2.24) is 19.9 Å². The second-order valence-corrected chi connectivity index (χ2v) is 8.98. The summed E-state index contributed by atoms with van der Waals surface area (Å²) in [6, 6.07) is 13.4. The minimum Gasteiger partial charge on any atom is -0.494 e. The monoisotopic (exact) mass is 533 g/mol.